The fourth-order valence-electron chi connectivity index (χ4n) is 2.73. The van der Waals surface area contributed by atoms with E-state index in [9.17, 15) is 0 Å². The summed E-state index contributed by atoms with van der Waals surface area (Å²) in [4.78, 5) is 11.5. The summed E-state index contributed by atoms with van der Waals surface area (Å²) in [6.07, 6.45) is 7.67. The molecule has 1 aromatic rings. The molecule has 4 heteroatoms. The molecule has 1 aliphatic rings. The van der Waals surface area contributed by atoms with Crippen molar-refractivity contribution in [2.75, 3.05) is 24.5 Å². The Bertz CT molecular complexity index is 405. The number of anilines is 1. The Morgan fingerprint density at radius 1 is 1.40 bits per heavy atom. The zero-order valence-corrected chi connectivity index (χ0v) is 13.1. The van der Waals surface area contributed by atoms with Crippen molar-refractivity contribution in [3.63, 3.8) is 0 Å². The summed E-state index contributed by atoms with van der Waals surface area (Å²) in [7, 11) is 0. The van der Waals surface area contributed by atoms with Crippen LogP contribution in [0.4, 0.5) is 5.82 Å². The smallest absolute Gasteiger partial charge is 0.147 e. The van der Waals surface area contributed by atoms with E-state index in [4.69, 9.17) is 4.98 Å². The third-order valence-electron chi connectivity index (χ3n) is 3.95. The Balaban J connectivity index is 1.94. The second-order valence-electron chi connectivity index (χ2n) is 6.26. The van der Waals surface area contributed by atoms with Gasteiger partial charge in [-0.1, -0.05) is 27.2 Å². The van der Waals surface area contributed by atoms with Crippen molar-refractivity contribution in [3.05, 3.63) is 18.1 Å². The fourth-order valence-corrected chi connectivity index (χ4v) is 2.73. The van der Waals surface area contributed by atoms with Gasteiger partial charge < -0.3 is 10.2 Å². The van der Waals surface area contributed by atoms with Crippen molar-refractivity contribution >= 4 is 5.82 Å². The molecule has 20 heavy (non-hydrogen) atoms. The molecule has 0 saturated carbocycles. The Morgan fingerprint density at radius 3 is 3.00 bits per heavy atom. The van der Waals surface area contributed by atoms with Crippen LogP contribution in [-0.4, -0.2) is 29.6 Å². The van der Waals surface area contributed by atoms with Gasteiger partial charge in [-0.15, -0.1) is 0 Å². The van der Waals surface area contributed by atoms with Crippen LogP contribution in [0, 0.1) is 11.8 Å². The molecule has 1 N–H and O–H groups in total. The Labute approximate surface area is 123 Å². The molecule has 2 rings (SSSR count). The van der Waals surface area contributed by atoms with E-state index in [0.717, 1.165) is 43.6 Å². The van der Waals surface area contributed by atoms with E-state index >= 15 is 0 Å². The van der Waals surface area contributed by atoms with Gasteiger partial charge >= 0.3 is 0 Å². The van der Waals surface area contributed by atoms with Crippen molar-refractivity contribution in [1.29, 1.82) is 0 Å². The van der Waals surface area contributed by atoms with Crippen LogP contribution in [0.3, 0.4) is 0 Å². The normalized spacial score (nSPS) is 19.6. The zero-order valence-electron chi connectivity index (χ0n) is 13.1. The molecule has 1 fully saturated rings. The van der Waals surface area contributed by atoms with E-state index < -0.39 is 0 Å². The Hall–Kier alpha value is -1.16. The van der Waals surface area contributed by atoms with Crippen molar-refractivity contribution in [2.24, 2.45) is 11.8 Å². The van der Waals surface area contributed by atoms with E-state index in [-0.39, 0.29) is 0 Å². The monoisotopic (exact) mass is 276 g/mol. The van der Waals surface area contributed by atoms with E-state index in [1.807, 2.05) is 12.4 Å². The maximum atomic E-state index is 4.76. The number of aromatic nitrogens is 2. The molecule has 0 amide bonds. The summed E-state index contributed by atoms with van der Waals surface area (Å²) in [5.41, 5.74) is 1.04. The van der Waals surface area contributed by atoms with Gasteiger partial charge in [-0.3, -0.25) is 4.98 Å². The van der Waals surface area contributed by atoms with Gasteiger partial charge in [0.2, 0.25) is 0 Å². The van der Waals surface area contributed by atoms with Gasteiger partial charge in [-0.05, 0) is 31.2 Å². The molecule has 1 aromatic heterocycles. The molecule has 1 aliphatic heterocycles. The van der Waals surface area contributed by atoms with Crippen LogP contribution in [0.1, 0.15) is 45.7 Å². The van der Waals surface area contributed by atoms with Gasteiger partial charge in [-0.2, -0.15) is 0 Å². The first-order valence-electron chi connectivity index (χ1n) is 7.95. The van der Waals surface area contributed by atoms with Crippen LogP contribution < -0.4 is 10.2 Å². The molecule has 2 heterocycles. The summed E-state index contributed by atoms with van der Waals surface area (Å²) >= 11 is 0. The van der Waals surface area contributed by atoms with Crippen molar-refractivity contribution < 1.29 is 0 Å². The Morgan fingerprint density at radius 2 is 2.25 bits per heavy atom. The van der Waals surface area contributed by atoms with Gasteiger partial charge in [0.1, 0.15) is 5.82 Å². The minimum atomic E-state index is 0.665. The third kappa shape index (κ3) is 4.44. The molecule has 1 saturated heterocycles. The van der Waals surface area contributed by atoms with Gasteiger partial charge in [0.05, 0.1) is 11.9 Å². The lowest BCUT2D eigenvalue weighted by atomic mass is 9.96. The first kappa shape index (κ1) is 15.2. The molecule has 4 nitrogen and oxygen atoms in total. The quantitative estimate of drug-likeness (QED) is 0.867. The van der Waals surface area contributed by atoms with Crippen molar-refractivity contribution in [2.45, 2.75) is 46.6 Å². The number of nitrogens with zero attached hydrogens (tertiary/aromatic N) is 3. The first-order chi connectivity index (χ1) is 9.69. The number of hydrogen-bond acceptors (Lipinski definition) is 4. The minimum absolute atomic E-state index is 0.665. The van der Waals surface area contributed by atoms with Crippen LogP contribution in [0.15, 0.2) is 12.4 Å². The summed E-state index contributed by atoms with van der Waals surface area (Å²) in [5, 5.41) is 3.43. The summed E-state index contributed by atoms with van der Waals surface area (Å²) < 4.78 is 0. The fraction of sp³-hybridized carbons (Fsp3) is 0.750. The predicted octanol–water partition coefficient (Wildman–Crippen LogP) is 2.85. The first-order valence-corrected chi connectivity index (χ1v) is 7.95. The van der Waals surface area contributed by atoms with Crippen LogP contribution >= 0.6 is 0 Å². The molecule has 1 unspecified atom stereocenters. The number of rotatable bonds is 6. The average molecular weight is 276 g/mol. The molecule has 0 aliphatic carbocycles. The number of hydrogen-bond donors (Lipinski definition) is 1. The largest absolute Gasteiger partial charge is 0.355 e. The van der Waals surface area contributed by atoms with E-state index in [2.05, 4.69) is 36.0 Å². The summed E-state index contributed by atoms with van der Waals surface area (Å²) in [6, 6.07) is 0. The van der Waals surface area contributed by atoms with Crippen molar-refractivity contribution in [3.8, 4) is 0 Å². The van der Waals surface area contributed by atoms with Gasteiger partial charge in [0.15, 0.2) is 0 Å². The van der Waals surface area contributed by atoms with Gasteiger partial charge in [0.25, 0.3) is 0 Å². The zero-order chi connectivity index (χ0) is 14.4. The minimum Gasteiger partial charge on any atom is -0.355 e. The van der Waals surface area contributed by atoms with Gasteiger partial charge in [-0.25, -0.2) is 4.98 Å². The topological polar surface area (TPSA) is 41.1 Å². The highest BCUT2D eigenvalue weighted by atomic mass is 15.2. The molecular weight excluding hydrogens is 248 g/mol. The maximum absolute atomic E-state index is 4.76. The number of nitrogens with one attached hydrogen (secondary N) is 1. The highest BCUT2D eigenvalue weighted by molar-refractivity contribution is 5.37. The lowest BCUT2D eigenvalue weighted by Crippen LogP contribution is -2.36. The molecule has 0 bridgehead atoms. The van der Waals surface area contributed by atoms with Crippen LogP contribution in [0.5, 0.6) is 0 Å². The highest BCUT2D eigenvalue weighted by Gasteiger charge is 2.19. The third-order valence-corrected chi connectivity index (χ3v) is 3.95. The summed E-state index contributed by atoms with van der Waals surface area (Å²) in [5.74, 6) is 2.53. The lowest BCUT2D eigenvalue weighted by Gasteiger charge is -2.33. The molecular formula is C16H28N4. The van der Waals surface area contributed by atoms with E-state index in [1.165, 1.54) is 19.3 Å². The Kier molecular flexibility index (Phi) is 5.77. The molecule has 0 radical (unpaired) electrons. The molecule has 1 atom stereocenters. The molecule has 0 aromatic carbocycles. The maximum Gasteiger partial charge on any atom is 0.147 e. The summed E-state index contributed by atoms with van der Waals surface area (Å²) in [6.45, 7) is 10.8. The van der Waals surface area contributed by atoms with Crippen molar-refractivity contribution in [1.82, 2.24) is 15.3 Å². The molecule has 0 spiro atoms. The van der Waals surface area contributed by atoms with Gasteiger partial charge in [0, 0.05) is 25.8 Å². The van der Waals surface area contributed by atoms with Crippen LogP contribution in [-0.2, 0) is 6.54 Å². The SMILES string of the molecule is CCC1CCCN(c2cncc(CNCC(C)C)n2)C1. The second-order valence-corrected chi connectivity index (χ2v) is 6.26. The highest BCUT2D eigenvalue weighted by Crippen LogP contribution is 2.23. The average Bonchev–Trinajstić information content (AvgIpc) is 2.47. The molecule has 112 valence electrons. The lowest BCUT2D eigenvalue weighted by molar-refractivity contribution is 0.402. The standard InChI is InChI=1S/C16H28N4/c1-4-14-6-5-7-20(12-14)16-11-18-10-15(19-16)9-17-8-13(2)3/h10-11,13-14,17H,4-9,12H2,1-3H3. The second kappa shape index (κ2) is 7.58. The number of piperidine rings is 1. The van der Waals surface area contributed by atoms with Crippen LogP contribution in [0.25, 0.3) is 0 Å². The predicted molar refractivity (Wildman–Crippen MR) is 83.8 cm³/mol. The van der Waals surface area contributed by atoms with E-state index in [1.54, 1.807) is 0 Å². The van der Waals surface area contributed by atoms with E-state index in [0.29, 0.717) is 5.92 Å². The van der Waals surface area contributed by atoms with Crippen LogP contribution in [0.2, 0.25) is 0 Å².